The molecule has 0 fully saturated rings. The molecule has 7 heteroatoms. The number of ether oxygens (including phenoxy) is 2. The van der Waals surface area contributed by atoms with E-state index in [-0.39, 0.29) is 18.9 Å². The lowest BCUT2D eigenvalue weighted by Crippen LogP contribution is -2.48. The number of hydrogen-bond donors (Lipinski definition) is 0. The Morgan fingerprint density at radius 2 is 2.00 bits per heavy atom. The Bertz CT molecular complexity index is 870. The number of amides is 1. The molecule has 3 rings (SSSR count). The highest BCUT2D eigenvalue weighted by Gasteiger charge is 2.57. The summed E-state index contributed by atoms with van der Waals surface area (Å²) in [6, 6.07) is 10.8. The van der Waals surface area contributed by atoms with Crippen LogP contribution in [-0.4, -0.2) is 37.6 Å². The van der Waals surface area contributed by atoms with Gasteiger partial charge >= 0.3 is 5.97 Å². The summed E-state index contributed by atoms with van der Waals surface area (Å²) in [7, 11) is 3.18. The highest BCUT2D eigenvalue weighted by molar-refractivity contribution is 9.10. The molecule has 1 amide bonds. The van der Waals surface area contributed by atoms with Crippen molar-refractivity contribution >= 4 is 33.5 Å². The Balaban J connectivity index is 2.19. The second-order valence-corrected chi connectivity index (χ2v) is 6.82. The lowest BCUT2D eigenvalue weighted by molar-refractivity contribution is -0.153. The Labute approximate surface area is 160 Å². The predicted molar refractivity (Wildman–Crippen MR) is 100 cm³/mol. The SMILES string of the molecule is CCOC(=O)[C@]1(Cc2nc(OC)ccc2Br)C(=O)N(C)c2ccccc21. The van der Waals surface area contributed by atoms with Gasteiger partial charge < -0.3 is 14.4 Å². The molecule has 0 aliphatic carbocycles. The summed E-state index contributed by atoms with van der Waals surface area (Å²) in [6.07, 6.45) is 0.0732. The van der Waals surface area contributed by atoms with Crippen molar-refractivity contribution in [2.75, 3.05) is 25.7 Å². The maximum atomic E-state index is 13.2. The first-order valence-corrected chi connectivity index (χ1v) is 8.99. The number of rotatable bonds is 5. The summed E-state index contributed by atoms with van der Waals surface area (Å²) in [5, 5.41) is 0. The van der Waals surface area contributed by atoms with E-state index in [9.17, 15) is 9.59 Å². The van der Waals surface area contributed by atoms with Gasteiger partial charge in [-0.3, -0.25) is 9.59 Å². The number of aromatic nitrogens is 1. The minimum Gasteiger partial charge on any atom is -0.481 e. The number of esters is 1. The van der Waals surface area contributed by atoms with Crippen LogP contribution in [0.1, 0.15) is 18.2 Å². The number of fused-ring (bicyclic) bond motifs is 1. The first-order valence-electron chi connectivity index (χ1n) is 8.20. The van der Waals surface area contributed by atoms with Crippen molar-refractivity contribution < 1.29 is 19.1 Å². The van der Waals surface area contributed by atoms with Crippen LogP contribution in [0.15, 0.2) is 40.9 Å². The van der Waals surface area contributed by atoms with E-state index in [4.69, 9.17) is 9.47 Å². The van der Waals surface area contributed by atoms with Crippen LogP contribution in [0.25, 0.3) is 0 Å². The zero-order chi connectivity index (χ0) is 18.9. The molecule has 0 saturated heterocycles. The van der Waals surface area contributed by atoms with E-state index < -0.39 is 11.4 Å². The lowest BCUT2D eigenvalue weighted by Gasteiger charge is -2.26. The fraction of sp³-hybridized carbons (Fsp3) is 0.316. The maximum absolute atomic E-state index is 13.2. The zero-order valence-corrected chi connectivity index (χ0v) is 16.4. The average molecular weight is 419 g/mol. The molecule has 0 spiro atoms. The minimum atomic E-state index is -1.47. The molecule has 0 N–H and O–H groups in total. The van der Waals surface area contributed by atoms with E-state index in [1.807, 2.05) is 18.2 Å². The van der Waals surface area contributed by atoms with E-state index in [2.05, 4.69) is 20.9 Å². The summed E-state index contributed by atoms with van der Waals surface area (Å²) >= 11 is 3.46. The van der Waals surface area contributed by atoms with E-state index in [0.717, 1.165) is 0 Å². The molecule has 1 aliphatic heterocycles. The number of carbonyl (C=O) groups is 2. The first-order chi connectivity index (χ1) is 12.5. The van der Waals surface area contributed by atoms with Crippen molar-refractivity contribution in [2.45, 2.75) is 18.8 Å². The molecule has 1 aromatic heterocycles. The van der Waals surface area contributed by atoms with Gasteiger partial charge in [-0.05, 0) is 35.0 Å². The smallest absolute Gasteiger partial charge is 0.326 e. The molecular formula is C19H19BrN2O4. The zero-order valence-electron chi connectivity index (χ0n) is 14.8. The van der Waals surface area contributed by atoms with Gasteiger partial charge in [-0.1, -0.05) is 18.2 Å². The molecule has 136 valence electrons. The second kappa shape index (κ2) is 7.07. The largest absolute Gasteiger partial charge is 0.481 e. The number of nitrogens with zero attached hydrogens (tertiary/aromatic N) is 2. The monoisotopic (exact) mass is 418 g/mol. The van der Waals surface area contributed by atoms with Gasteiger partial charge in [0.1, 0.15) is 0 Å². The third-order valence-corrected chi connectivity index (χ3v) is 5.28. The number of halogens is 1. The number of benzene rings is 1. The van der Waals surface area contributed by atoms with Gasteiger partial charge in [-0.15, -0.1) is 0 Å². The minimum absolute atomic E-state index is 0.0732. The van der Waals surface area contributed by atoms with Crippen LogP contribution < -0.4 is 9.64 Å². The van der Waals surface area contributed by atoms with Crippen LogP contribution in [0.2, 0.25) is 0 Å². The average Bonchev–Trinajstić information content (AvgIpc) is 2.87. The third-order valence-electron chi connectivity index (χ3n) is 4.55. The molecule has 26 heavy (non-hydrogen) atoms. The highest BCUT2D eigenvalue weighted by Crippen LogP contribution is 2.44. The molecule has 0 unspecified atom stereocenters. The number of para-hydroxylation sites is 1. The topological polar surface area (TPSA) is 68.7 Å². The summed E-state index contributed by atoms with van der Waals surface area (Å²) in [4.78, 5) is 32.2. The highest BCUT2D eigenvalue weighted by atomic mass is 79.9. The van der Waals surface area contributed by atoms with Crippen molar-refractivity contribution in [1.82, 2.24) is 4.98 Å². The number of likely N-dealkylation sites (N-methyl/N-ethyl adjacent to an activating group) is 1. The van der Waals surface area contributed by atoms with Crippen LogP contribution in [0.4, 0.5) is 5.69 Å². The second-order valence-electron chi connectivity index (χ2n) is 5.97. The number of hydrogen-bond acceptors (Lipinski definition) is 5. The molecule has 1 aromatic carbocycles. The first kappa shape index (κ1) is 18.4. The Morgan fingerprint density at radius 1 is 1.27 bits per heavy atom. The lowest BCUT2D eigenvalue weighted by atomic mass is 9.77. The normalized spacial score (nSPS) is 18.6. The fourth-order valence-electron chi connectivity index (χ4n) is 3.29. The van der Waals surface area contributed by atoms with Crippen LogP contribution >= 0.6 is 15.9 Å². The molecule has 0 saturated carbocycles. The number of anilines is 1. The van der Waals surface area contributed by atoms with Crippen molar-refractivity contribution in [2.24, 2.45) is 0 Å². The van der Waals surface area contributed by atoms with Crippen LogP contribution in [0, 0.1) is 0 Å². The molecule has 2 heterocycles. The molecule has 0 bridgehead atoms. The van der Waals surface area contributed by atoms with Gasteiger partial charge in [0.25, 0.3) is 0 Å². The predicted octanol–water partition coefficient (Wildman–Crippen LogP) is 2.87. The van der Waals surface area contributed by atoms with Crippen LogP contribution in [0.3, 0.4) is 0 Å². The van der Waals surface area contributed by atoms with E-state index in [1.54, 1.807) is 32.2 Å². The maximum Gasteiger partial charge on any atom is 0.326 e. The number of methoxy groups -OCH3 is 1. The van der Waals surface area contributed by atoms with Crippen molar-refractivity contribution in [1.29, 1.82) is 0 Å². The van der Waals surface area contributed by atoms with Gasteiger partial charge in [0.05, 0.1) is 19.4 Å². The molecule has 1 atom stereocenters. The fourth-order valence-corrected chi connectivity index (χ4v) is 3.65. The number of carbonyl (C=O) groups excluding carboxylic acids is 2. The Kier molecular flexibility index (Phi) is 5.00. The molecule has 2 aromatic rings. The third kappa shape index (κ3) is 2.76. The van der Waals surface area contributed by atoms with Gasteiger partial charge in [-0.2, -0.15) is 0 Å². The molecule has 1 aliphatic rings. The molecule has 0 radical (unpaired) electrons. The molecule has 6 nitrogen and oxygen atoms in total. The van der Waals surface area contributed by atoms with E-state index >= 15 is 0 Å². The van der Waals surface area contributed by atoms with Gasteiger partial charge in [0, 0.05) is 35.3 Å². The van der Waals surface area contributed by atoms with Crippen molar-refractivity contribution in [3.05, 3.63) is 52.1 Å². The Morgan fingerprint density at radius 3 is 2.69 bits per heavy atom. The summed E-state index contributed by atoms with van der Waals surface area (Å²) in [5.41, 5.74) is 0.409. The van der Waals surface area contributed by atoms with Gasteiger partial charge in [0.15, 0.2) is 5.41 Å². The number of pyridine rings is 1. The van der Waals surface area contributed by atoms with E-state index in [1.165, 1.54) is 12.0 Å². The summed E-state index contributed by atoms with van der Waals surface area (Å²) in [5.74, 6) is -0.485. The van der Waals surface area contributed by atoms with Crippen molar-refractivity contribution in [3.63, 3.8) is 0 Å². The molecular weight excluding hydrogens is 400 g/mol. The van der Waals surface area contributed by atoms with Gasteiger partial charge in [-0.25, -0.2) is 4.98 Å². The van der Waals surface area contributed by atoms with E-state index in [0.29, 0.717) is 27.3 Å². The van der Waals surface area contributed by atoms with Crippen molar-refractivity contribution in [3.8, 4) is 5.88 Å². The van der Waals surface area contributed by atoms with Crippen LogP contribution in [0.5, 0.6) is 5.88 Å². The summed E-state index contributed by atoms with van der Waals surface area (Å²) in [6.45, 7) is 1.91. The van der Waals surface area contributed by atoms with Gasteiger partial charge in [0.2, 0.25) is 11.8 Å². The standard InChI is InChI=1S/C19H19BrN2O4/c1-4-26-18(24)19(11-14-13(20)9-10-16(21-14)25-3)12-7-5-6-8-15(12)22(2)17(19)23/h5-10H,4,11H2,1-3H3/t19-/m0/s1. The summed E-state index contributed by atoms with van der Waals surface area (Å²) < 4.78 is 11.2. The Hall–Kier alpha value is -2.41. The quantitative estimate of drug-likeness (QED) is 0.551. The van der Waals surface area contributed by atoms with Crippen LogP contribution in [-0.2, 0) is 26.2 Å².